The minimum atomic E-state index is -0.0920. The van der Waals surface area contributed by atoms with Crippen LogP contribution in [0.1, 0.15) is 50.3 Å². The maximum absolute atomic E-state index is 6.40. The number of nitrogens with two attached hydrogens (primary N) is 1. The molecule has 0 bridgehead atoms. The van der Waals surface area contributed by atoms with Crippen molar-refractivity contribution in [3.63, 3.8) is 0 Å². The molecule has 116 valence electrons. The zero-order valence-electron chi connectivity index (χ0n) is 12.9. The van der Waals surface area contributed by atoms with E-state index in [2.05, 4.69) is 33.8 Å². The minimum absolute atomic E-state index is 0.0920. The number of aromatic nitrogens is 2. The molecule has 1 unspecified atom stereocenters. The van der Waals surface area contributed by atoms with Crippen molar-refractivity contribution in [1.29, 1.82) is 0 Å². The molecule has 0 amide bonds. The molecule has 2 N–H and O–H groups in total. The number of hydrogen-bond donors (Lipinski definition) is 1. The smallest absolute Gasteiger partial charge is 0.135 e. The topological polar surface area (TPSA) is 53.1 Å². The van der Waals surface area contributed by atoms with E-state index in [9.17, 15) is 0 Å². The van der Waals surface area contributed by atoms with E-state index >= 15 is 0 Å². The van der Waals surface area contributed by atoms with E-state index in [-0.39, 0.29) is 11.8 Å². The maximum Gasteiger partial charge on any atom is 0.135 e. The van der Waals surface area contributed by atoms with Crippen molar-refractivity contribution >= 4 is 0 Å². The Morgan fingerprint density at radius 3 is 2.59 bits per heavy atom. The van der Waals surface area contributed by atoms with Gasteiger partial charge < -0.3 is 15.0 Å². The molecule has 1 aromatic heterocycles. The SMILES string of the molecule is NC1(c2ccc(-c3cncn3C3CCCCO3)cc2)CCC1. The average molecular weight is 297 g/mol. The van der Waals surface area contributed by atoms with E-state index in [1.165, 1.54) is 24.0 Å². The first-order valence-electron chi connectivity index (χ1n) is 8.29. The van der Waals surface area contributed by atoms with E-state index in [0.717, 1.165) is 38.0 Å². The summed E-state index contributed by atoms with van der Waals surface area (Å²) in [5, 5.41) is 0. The normalized spacial score (nSPS) is 24.0. The Labute approximate surface area is 131 Å². The van der Waals surface area contributed by atoms with Crippen molar-refractivity contribution < 1.29 is 4.74 Å². The van der Waals surface area contributed by atoms with Crippen LogP contribution in [0.5, 0.6) is 0 Å². The van der Waals surface area contributed by atoms with Gasteiger partial charge in [0, 0.05) is 12.1 Å². The first-order chi connectivity index (χ1) is 10.8. The molecule has 2 aliphatic rings. The van der Waals surface area contributed by atoms with Gasteiger partial charge in [-0.25, -0.2) is 4.98 Å². The summed E-state index contributed by atoms with van der Waals surface area (Å²) in [5.41, 5.74) is 9.86. The van der Waals surface area contributed by atoms with E-state index in [0.29, 0.717) is 0 Å². The van der Waals surface area contributed by atoms with E-state index in [1.807, 2.05) is 12.5 Å². The van der Waals surface area contributed by atoms with Gasteiger partial charge in [0.1, 0.15) is 6.23 Å². The van der Waals surface area contributed by atoms with Gasteiger partial charge in [0.15, 0.2) is 0 Å². The third-order valence-corrected chi connectivity index (χ3v) is 5.13. The highest BCUT2D eigenvalue weighted by atomic mass is 16.5. The van der Waals surface area contributed by atoms with Crippen LogP contribution < -0.4 is 5.73 Å². The Hall–Kier alpha value is -1.65. The molecule has 1 atom stereocenters. The van der Waals surface area contributed by atoms with Gasteiger partial charge in [-0.3, -0.25) is 0 Å². The van der Waals surface area contributed by atoms with Crippen LogP contribution in [0.3, 0.4) is 0 Å². The number of rotatable bonds is 3. The summed E-state index contributed by atoms with van der Waals surface area (Å²) in [6, 6.07) is 8.68. The predicted molar refractivity (Wildman–Crippen MR) is 86.2 cm³/mol. The molecule has 0 spiro atoms. The van der Waals surface area contributed by atoms with E-state index in [1.54, 1.807) is 0 Å². The Morgan fingerprint density at radius 1 is 1.14 bits per heavy atom. The van der Waals surface area contributed by atoms with Crippen molar-refractivity contribution in [2.45, 2.75) is 50.3 Å². The lowest BCUT2D eigenvalue weighted by molar-refractivity contribution is -0.0310. The van der Waals surface area contributed by atoms with Crippen LogP contribution in [-0.4, -0.2) is 16.2 Å². The largest absolute Gasteiger partial charge is 0.358 e. The molecule has 0 radical (unpaired) electrons. The number of imidazole rings is 1. The lowest BCUT2D eigenvalue weighted by Gasteiger charge is -2.38. The second kappa shape index (κ2) is 5.52. The Kier molecular flexibility index (Phi) is 3.51. The molecular weight excluding hydrogens is 274 g/mol. The summed E-state index contributed by atoms with van der Waals surface area (Å²) < 4.78 is 8.05. The molecule has 22 heavy (non-hydrogen) atoms. The highest BCUT2D eigenvalue weighted by molar-refractivity contribution is 5.59. The zero-order valence-corrected chi connectivity index (χ0v) is 12.9. The lowest BCUT2D eigenvalue weighted by Crippen LogP contribution is -2.43. The van der Waals surface area contributed by atoms with Crippen LogP contribution in [0.2, 0.25) is 0 Å². The molecule has 1 aliphatic carbocycles. The molecule has 2 aromatic rings. The van der Waals surface area contributed by atoms with Crippen molar-refractivity contribution in [2.24, 2.45) is 5.73 Å². The summed E-state index contributed by atoms with van der Waals surface area (Å²) >= 11 is 0. The van der Waals surface area contributed by atoms with Crippen LogP contribution in [0.25, 0.3) is 11.3 Å². The highest BCUT2D eigenvalue weighted by Crippen LogP contribution is 2.39. The standard InChI is InChI=1S/C18H23N3O/c19-18(9-3-10-18)15-7-5-14(6-8-15)16-12-20-13-21(16)17-4-1-2-11-22-17/h5-8,12-13,17H,1-4,9-11,19H2. The number of hydrogen-bond acceptors (Lipinski definition) is 3. The molecule has 1 saturated heterocycles. The predicted octanol–water partition coefficient (Wildman–Crippen LogP) is 3.59. The van der Waals surface area contributed by atoms with E-state index < -0.39 is 0 Å². The van der Waals surface area contributed by atoms with Gasteiger partial charge in [0.25, 0.3) is 0 Å². The third kappa shape index (κ3) is 2.36. The highest BCUT2D eigenvalue weighted by Gasteiger charge is 2.34. The Morgan fingerprint density at radius 2 is 1.95 bits per heavy atom. The van der Waals surface area contributed by atoms with E-state index in [4.69, 9.17) is 10.5 Å². The second-order valence-corrected chi connectivity index (χ2v) is 6.59. The fourth-order valence-electron chi connectivity index (χ4n) is 3.52. The van der Waals surface area contributed by atoms with Crippen molar-refractivity contribution in [2.75, 3.05) is 6.61 Å². The van der Waals surface area contributed by atoms with Gasteiger partial charge in [-0.1, -0.05) is 24.3 Å². The molecule has 4 rings (SSSR count). The quantitative estimate of drug-likeness (QED) is 0.942. The molecular formula is C18H23N3O. The summed E-state index contributed by atoms with van der Waals surface area (Å²) in [6.07, 6.45) is 10.8. The fraction of sp³-hybridized carbons (Fsp3) is 0.500. The van der Waals surface area contributed by atoms with Crippen molar-refractivity contribution in [1.82, 2.24) is 9.55 Å². The first-order valence-corrected chi connectivity index (χ1v) is 8.29. The third-order valence-electron chi connectivity index (χ3n) is 5.13. The zero-order chi connectivity index (χ0) is 15.0. The summed E-state index contributed by atoms with van der Waals surface area (Å²) in [5.74, 6) is 0. The monoisotopic (exact) mass is 297 g/mol. The Balaban J connectivity index is 1.61. The van der Waals surface area contributed by atoms with Gasteiger partial charge in [0.05, 0.1) is 18.2 Å². The molecule has 2 fully saturated rings. The minimum Gasteiger partial charge on any atom is -0.358 e. The molecule has 4 heteroatoms. The van der Waals surface area contributed by atoms with Crippen molar-refractivity contribution in [3.05, 3.63) is 42.4 Å². The van der Waals surface area contributed by atoms with Crippen LogP contribution >= 0.6 is 0 Å². The number of ether oxygens (including phenoxy) is 1. The van der Waals surface area contributed by atoms with Gasteiger partial charge in [0.2, 0.25) is 0 Å². The van der Waals surface area contributed by atoms with Gasteiger partial charge >= 0.3 is 0 Å². The summed E-state index contributed by atoms with van der Waals surface area (Å²) in [6.45, 7) is 0.844. The number of benzene rings is 1. The number of nitrogens with zero attached hydrogens (tertiary/aromatic N) is 2. The van der Waals surface area contributed by atoms with Crippen LogP contribution in [0.15, 0.2) is 36.8 Å². The van der Waals surface area contributed by atoms with Gasteiger partial charge in [-0.05, 0) is 49.7 Å². The lowest BCUT2D eigenvalue weighted by atomic mass is 9.72. The average Bonchev–Trinajstić information content (AvgIpc) is 3.03. The van der Waals surface area contributed by atoms with Crippen LogP contribution in [-0.2, 0) is 10.3 Å². The first kappa shape index (κ1) is 14.0. The van der Waals surface area contributed by atoms with Gasteiger partial charge in [-0.2, -0.15) is 0 Å². The molecule has 2 heterocycles. The maximum atomic E-state index is 6.40. The fourth-order valence-corrected chi connectivity index (χ4v) is 3.52. The Bertz CT molecular complexity index is 637. The van der Waals surface area contributed by atoms with Crippen molar-refractivity contribution in [3.8, 4) is 11.3 Å². The summed E-state index contributed by atoms with van der Waals surface area (Å²) in [4.78, 5) is 4.33. The molecule has 1 saturated carbocycles. The summed E-state index contributed by atoms with van der Waals surface area (Å²) in [7, 11) is 0. The van der Waals surface area contributed by atoms with Crippen LogP contribution in [0.4, 0.5) is 0 Å². The molecule has 4 nitrogen and oxygen atoms in total. The van der Waals surface area contributed by atoms with Crippen LogP contribution in [0, 0.1) is 0 Å². The second-order valence-electron chi connectivity index (χ2n) is 6.59. The van der Waals surface area contributed by atoms with Gasteiger partial charge in [-0.15, -0.1) is 0 Å². The molecule has 1 aliphatic heterocycles. The molecule has 1 aromatic carbocycles.